The molecule has 3 N–H and O–H groups in total. The highest BCUT2D eigenvalue weighted by molar-refractivity contribution is 6.09. The number of ketones is 1. The molecular weight excluding hydrogens is 432 g/mol. The second-order valence-electron chi connectivity index (χ2n) is 9.06. The molecular formula is C31H42N2O2. The monoisotopic (exact) mass is 474 g/mol. The summed E-state index contributed by atoms with van der Waals surface area (Å²) in [6, 6.07) is 13.9. The maximum absolute atomic E-state index is 12.5. The van der Waals surface area contributed by atoms with Gasteiger partial charge in [0.2, 0.25) is 5.91 Å². The van der Waals surface area contributed by atoms with Gasteiger partial charge in [0, 0.05) is 28.9 Å². The normalized spacial score (nSPS) is 11.3. The first-order valence-electron chi connectivity index (χ1n) is 13.2. The number of hydrogen-bond donors (Lipinski definition) is 2. The minimum atomic E-state index is -0.0620. The zero-order valence-corrected chi connectivity index (χ0v) is 21.3. The molecule has 0 aliphatic carbocycles. The number of nitrogens with two attached hydrogens (primary N) is 1. The maximum Gasteiger partial charge on any atom is 0.224 e. The number of allylic oxidation sites excluding steroid dienone is 4. The summed E-state index contributed by atoms with van der Waals surface area (Å²) >= 11 is 0. The first-order chi connectivity index (χ1) is 17.1. The molecule has 0 aromatic heterocycles. The second kappa shape index (κ2) is 17.3. The highest BCUT2D eigenvalue weighted by atomic mass is 16.1. The van der Waals surface area contributed by atoms with Crippen LogP contribution in [0, 0.1) is 0 Å². The zero-order chi connectivity index (χ0) is 25.1. The summed E-state index contributed by atoms with van der Waals surface area (Å²) in [5, 5.41) is 2.92. The van der Waals surface area contributed by atoms with E-state index in [2.05, 4.69) is 36.5 Å². The van der Waals surface area contributed by atoms with Gasteiger partial charge in [-0.15, -0.1) is 0 Å². The molecule has 188 valence electrons. The Balaban J connectivity index is 1.52. The van der Waals surface area contributed by atoms with Crippen molar-refractivity contribution in [2.24, 2.45) is 0 Å². The summed E-state index contributed by atoms with van der Waals surface area (Å²) in [6.07, 6.45) is 22.5. The summed E-state index contributed by atoms with van der Waals surface area (Å²) in [6.45, 7) is 2.24. The van der Waals surface area contributed by atoms with Gasteiger partial charge in [-0.25, -0.2) is 0 Å². The summed E-state index contributed by atoms with van der Waals surface area (Å²) < 4.78 is 0. The molecule has 0 bridgehead atoms. The van der Waals surface area contributed by atoms with Gasteiger partial charge in [0.1, 0.15) is 0 Å². The Morgan fingerprint density at radius 2 is 1.26 bits per heavy atom. The third kappa shape index (κ3) is 12.2. The van der Waals surface area contributed by atoms with E-state index in [1.165, 1.54) is 44.9 Å². The van der Waals surface area contributed by atoms with Crippen molar-refractivity contribution in [1.82, 2.24) is 0 Å². The maximum atomic E-state index is 12.5. The third-order valence-corrected chi connectivity index (χ3v) is 5.96. The molecule has 2 rings (SSSR count). The molecule has 1 amide bonds. The van der Waals surface area contributed by atoms with Crippen molar-refractivity contribution in [3.05, 3.63) is 84.0 Å². The number of amides is 1. The molecule has 0 saturated carbocycles. The van der Waals surface area contributed by atoms with Crippen LogP contribution in [0.4, 0.5) is 11.4 Å². The summed E-state index contributed by atoms with van der Waals surface area (Å²) in [5.74, 6) is -0.0405. The van der Waals surface area contributed by atoms with Crippen LogP contribution in [-0.2, 0) is 4.79 Å². The Morgan fingerprint density at radius 1 is 0.714 bits per heavy atom. The first kappa shape index (κ1) is 28.1. The average molecular weight is 475 g/mol. The summed E-state index contributed by atoms with van der Waals surface area (Å²) in [7, 11) is 0. The molecule has 2 aromatic carbocycles. The Labute approximate surface area is 211 Å². The van der Waals surface area contributed by atoms with Gasteiger partial charge < -0.3 is 11.1 Å². The lowest BCUT2D eigenvalue weighted by Gasteiger charge is -2.07. The van der Waals surface area contributed by atoms with Crippen LogP contribution in [0.1, 0.15) is 99.9 Å². The number of unbranched alkanes of at least 4 members (excludes halogenated alkanes) is 8. The van der Waals surface area contributed by atoms with Gasteiger partial charge in [-0.2, -0.15) is 0 Å². The number of carbonyl (C=O) groups excluding carboxylic acids is 2. The van der Waals surface area contributed by atoms with Crippen molar-refractivity contribution in [1.29, 1.82) is 0 Å². The fourth-order valence-corrected chi connectivity index (χ4v) is 3.83. The molecule has 4 nitrogen and oxygen atoms in total. The molecule has 0 radical (unpaired) electrons. The van der Waals surface area contributed by atoms with E-state index in [-0.39, 0.29) is 11.7 Å². The Kier molecular flexibility index (Phi) is 13.9. The second-order valence-corrected chi connectivity index (χ2v) is 9.06. The molecule has 0 aliphatic rings. The first-order valence-corrected chi connectivity index (χ1v) is 13.2. The van der Waals surface area contributed by atoms with E-state index in [0.717, 1.165) is 25.7 Å². The summed E-state index contributed by atoms with van der Waals surface area (Å²) in [4.78, 5) is 24.7. The fraction of sp³-hybridized carbons (Fsp3) is 0.419. The van der Waals surface area contributed by atoms with Crippen LogP contribution in [0.2, 0.25) is 0 Å². The van der Waals surface area contributed by atoms with Crippen LogP contribution in [-0.4, -0.2) is 11.7 Å². The SMILES string of the molecule is CCCCCC=CCC=CCCCCCCCC(=O)Nc1ccc(C(=O)c2ccc(N)cc2)cc1. The molecule has 0 heterocycles. The van der Waals surface area contributed by atoms with Gasteiger partial charge in [-0.3, -0.25) is 9.59 Å². The Morgan fingerprint density at radius 3 is 1.89 bits per heavy atom. The quantitative estimate of drug-likeness (QED) is 0.105. The van der Waals surface area contributed by atoms with Crippen molar-refractivity contribution < 1.29 is 9.59 Å². The van der Waals surface area contributed by atoms with Crippen molar-refractivity contribution in [3.8, 4) is 0 Å². The Bertz CT molecular complexity index is 927. The number of anilines is 2. The predicted octanol–water partition coefficient (Wildman–Crippen LogP) is 8.25. The molecule has 4 heteroatoms. The number of nitrogen functional groups attached to an aromatic ring is 1. The molecule has 2 aromatic rings. The third-order valence-electron chi connectivity index (χ3n) is 5.96. The number of carbonyl (C=O) groups is 2. The predicted molar refractivity (Wildman–Crippen MR) is 149 cm³/mol. The Hall–Kier alpha value is -3.14. The van der Waals surface area contributed by atoms with Crippen LogP contribution in [0.5, 0.6) is 0 Å². The van der Waals surface area contributed by atoms with Crippen molar-refractivity contribution in [2.45, 2.75) is 84.0 Å². The number of nitrogens with one attached hydrogen (secondary N) is 1. The number of benzene rings is 2. The van der Waals surface area contributed by atoms with Gasteiger partial charge >= 0.3 is 0 Å². The van der Waals surface area contributed by atoms with Crippen LogP contribution in [0.25, 0.3) is 0 Å². The van der Waals surface area contributed by atoms with Crippen LogP contribution in [0.15, 0.2) is 72.8 Å². The van der Waals surface area contributed by atoms with Gasteiger partial charge in [-0.05, 0) is 87.1 Å². The molecule has 0 fully saturated rings. The van der Waals surface area contributed by atoms with E-state index >= 15 is 0 Å². The average Bonchev–Trinajstić information content (AvgIpc) is 2.87. The molecule has 0 atom stereocenters. The van der Waals surface area contributed by atoms with Crippen LogP contribution < -0.4 is 11.1 Å². The van der Waals surface area contributed by atoms with E-state index in [1.54, 1.807) is 48.5 Å². The minimum Gasteiger partial charge on any atom is -0.399 e. The van der Waals surface area contributed by atoms with Crippen LogP contribution in [0.3, 0.4) is 0 Å². The van der Waals surface area contributed by atoms with E-state index in [9.17, 15) is 9.59 Å². The molecule has 0 aliphatic heterocycles. The van der Waals surface area contributed by atoms with Crippen molar-refractivity contribution in [3.63, 3.8) is 0 Å². The van der Waals surface area contributed by atoms with E-state index in [1.807, 2.05) is 0 Å². The van der Waals surface area contributed by atoms with Crippen molar-refractivity contribution in [2.75, 3.05) is 11.1 Å². The number of hydrogen-bond acceptors (Lipinski definition) is 3. The molecule has 0 unspecified atom stereocenters. The fourth-order valence-electron chi connectivity index (χ4n) is 3.83. The molecule has 0 saturated heterocycles. The van der Waals surface area contributed by atoms with Gasteiger partial charge in [-0.1, -0.05) is 63.3 Å². The van der Waals surface area contributed by atoms with Gasteiger partial charge in [0.15, 0.2) is 5.78 Å². The minimum absolute atomic E-state index is 0.0216. The number of rotatable bonds is 17. The van der Waals surface area contributed by atoms with Crippen LogP contribution >= 0.6 is 0 Å². The topological polar surface area (TPSA) is 72.2 Å². The lowest BCUT2D eigenvalue weighted by molar-refractivity contribution is -0.116. The van der Waals surface area contributed by atoms with Crippen molar-refractivity contribution >= 4 is 23.1 Å². The van der Waals surface area contributed by atoms with E-state index in [0.29, 0.717) is 28.9 Å². The lowest BCUT2D eigenvalue weighted by Crippen LogP contribution is -2.11. The van der Waals surface area contributed by atoms with E-state index in [4.69, 9.17) is 5.73 Å². The van der Waals surface area contributed by atoms with E-state index < -0.39 is 0 Å². The van der Waals surface area contributed by atoms with Gasteiger partial charge in [0.05, 0.1) is 0 Å². The molecule has 35 heavy (non-hydrogen) atoms. The zero-order valence-electron chi connectivity index (χ0n) is 21.3. The van der Waals surface area contributed by atoms with Gasteiger partial charge in [0.25, 0.3) is 0 Å². The summed E-state index contributed by atoms with van der Waals surface area (Å²) in [5.41, 5.74) is 8.20. The highest BCUT2D eigenvalue weighted by Gasteiger charge is 2.09. The lowest BCUT2D eigenvalue weighted by atomic mass is 10.0. The highest BCUT2D eigenvalue weighted by Crippen LogP contribution is 2.16. The smallest absolute Gasteiger partial charge is 0.224 e. The molecule has 0 spiro atoms. The largest absolute Gasteiger partial charge is 0.399 e. The standard InChI is InChI=1S/C31H42N2O2/c1-2-3-4-5-6-7-8-9-10-11-12-13-14-15-16-17-30(34)33-29-24-20-27(21-25-29)31(35)26-18-22-28(32)23-19-26/h6-7,9-10,18-25H,2-5,8,11-17,32H2,1H3,(H,33,34).